The zero-order chi connectivity index (χ0) is 18.1. The van der Waals surface area contributed by atoms with Crippen molar-refractivity contribution in [3.63, 3.8) is 0 Å². The highest BCUT2D eigenvalue weighted by Crippen LogP contribution is 2.30. The second kappa shape index (κ2) is 6.38. The summed E-state index contributed by atoms with van der Waals surface area (Å²) in [4.78, 5) is 30.5. The minimum Gasteiger partial charge on any atom is -0.337 e. The van der Waals surface area contributed by atoms with Crippen LogP contribution >= 0.6 is 11.3 Å². The molecule has 1 aliphatic heterocycles. The molecule has 1 atom stereocenters. The van der Waals surface area contributed by atoms with Crippen LogP contribution in [0.5, 0.6) is 0 Å². The van der Waals surface area contributed by atoms with E-state index in [0.717, 1.165) is 16.0 Å². The van der Waals surface area contributed by atoms with E-state index in [-0.39, 0.29) is 18.3 Å². The van der Waals surface area contributed by atoms with E-state index in [1.165, 1.54) is 11.3 Å². The summed E-state index contributed by atoms with van der Waals surface area (Å²) < 4.78 is 5.22. The quantitative estimate of drug-likeness (QED) is 0.700. The number of nitrogens with one attached hydrogen (secondary N) is 1. The SMILES string of the molecule is C[C@@]1(c2ccsc2)NC(=O)N(Cc2nc(Cc3ccccc3)no2)C1=O. The molecule has 7 nitrogen and oxygen atoms in total. The van der Waals surface area contributed by atoms with Crippen LogP contribution in [0.3, 0.4) is 0 Å². The average Bonchev–Trinajstić information content (AvgIpc) is 3.35. The number of carbonyl (C=O) groups is 2. The lowest BCUT2D eigenvalue weighted by Gasteiger charge is -2.20. The van der Waals surface area contributed by atoms with Crippen molar-refractivity contribution < 1.29 is 14.1 Å². The Morgan fingerprint density at radius 2 is 2.04 bits per heavy atom. The molecule has 4 rings (SSSR count). The standard InChI is InChI=1S/C18H16N4O3S/c1-18(13-7-8-26-11-13)16(23)22(17(24)20-18)10-15-19-14(21-25-15)9-12-5-3-2-4-6-12/h2-8,11H,9-10H2,1H3,(H,20,24)/t18-/m0/s1. The number of urea groups is 1. The minimum atomic E-state index is -1.07. The predicted molar refractivity (Wildman–Crippen MR) is 94.3 cm³/mol. The van der Waals surface area contributed by atoms with E-state index in [4.69, 9.17) is 4.52 Å². The first-order valence-electron chi connectivity index (χ1n) is 8.08. The summed E-state index contributed by atoms with van der Waals surface area (Å²) in [5.41, 5.74) is 0.753. The van der Waals surface area contributed by atoms with Crippen LogP contribution in [0.4, 0.5) is 4.79 Å². The van der Waals surface area contributed by atoms with Crippen LogP contribution in [0.2, 0.25) is 0 Å². The third-order valence-corrected chi connectivity index (χ3v) is 5.07. The third-order valence-electron chi connectivity index (χ3n) is 4.38. The molecule has 1 aliphatic rings. The van der Waals surface area contributed by atoms with Gasteiger partial charge < -0.3 is 9.84 Å². The highest BCUT2D eigenvalue weighted by atomic mass is 32.1. The van der Waals surface area contributed by atoms with Crippen LogP contribution in [-0.4, -0.2) is 27.0 Å². The van der Waals surface area contributed by atoms with Crippen LogP contribution in [0, 0.1) is 0 Å². The molecule has 1 saturated heterocycles. The van der Waals surface area contributed by atoms with Gasteiger partial charge in [0.25, 0.3) is 5.91 Å². The van der Waals surface area contributed by atoms with Crippen molar-refractivity contribution in [2.45, 2.75) is 25.4 Å². The third kappa shape index (κ3) is 2.88. The number of thiophene rings is 1. The molecule has 0 bridgehead atoms. The fourth-order valence-electron chi connectivity index (χ4n) is 2.93. The van der Waals surface area contributed by atoms with Gasteiger partial charge in [0.1, 0.15) is 12.1 Å². The van der Waals surface area contributed by atoms with Crippen molar-refractivity contribution in [1.29, 1.82) is 0 Å². The Kier molecular flexibility index (Phi) is 4.04. The van der Waals surface area contributed by atoms with Crippen LogP contribution < -0.4 is 5.32 Å². The lowest BCUT2D eigenvalue weighted by atomic mass is 9.95. The summed E-state index contributed by atoms with van der Waals surface area (Å²) in [6.07, 6.45) is 0.525. The molecule has 0 saturated carbocycles. The summed E-state index contributed by atoms with van der Waals surface area (Å²) in [6.45, 7) is 1.65. The molecule has 8 heteroatoms. The van der Waals surface area contributed by atoms with E-state index in [2.05, 4.69) is 15.5 Å². The molecule has 3 amide bonds. The van der Waals surface area contributed by atoms with Gasteiger partial charge in [-0.2, -0.15) is 16.3 Å². The first-order chi connectivity index (χ1) is 12.6. The Morgan fingerprint density at radius 3 is 2.77 bits per heavy atom. The van der Waals surface area contributed by atoms with Crippen LogP contribution in [-0.2, 0) is 23.3 Å². The lowest BCUT2D eigenvalue weighted by molar-refractivity contribution is -0.131. The monoisotopic (exact) mass is 368 g/mol. The fraction of sp³-hybridized carbons (Fsp3) is 0.222. The molecule has 0 spiro atoms. The number of amides is 3. The van der Waals surface area contributed by atoms with E-state index in [9.17, 15) is 9.59 Å². The van der Waals surface area contributed by atoms with E-state index < -0.39 is 11.6 Å². The number of nitrogens with zero attached hydrogens (tertiary/aromatic N) is 3. The largest absolute Gasteiger partial charge is 0.337 e. The molecule has 0 unspecified atom stereocenters. The van der Waals surface area contributed by atoms with Crippen molar-refractivity contribution >= 4 is 23.3 Å². The van der Waals surface area contributed by atoms with Crippen molar-refractivity contribution in [2.75, 3.05) is 0 Å². The molecule has 1 aromatic carbocycles. The maximum absolute atomic E-state index is 12.8. The Bertz CT molecular complexity index is 939. The Balaban J connectivity index is 1.49. The molecule has 1 fully saturated rings. The van der Waals surface area contributed by atoms with E-state index in [1.54, 1.807) is 6.92 Å². The number of rotatable bonds is 5. The van der Waals surface area contributed by atoms with Crippen molar-refractivity contribution in [1.82, 2.24) is 20.4 Å². The van der Waals surface area contributed by atoms with E-state index in [1.807, 2.05) is 47.2 Å². The number of aromatic nitrogens is 2. The number of imide groups is 1. The van der Waals surface area contributed by atoms with Crippen LogP contribution in [0.15, 0.2) is 51.7 Å². The minimum absolute atomic E-state index is 0.0494. The van der Waals surface area contributed by atoms with E-state index in [0.29, 0.717) is 12.2 Å². The zero-order valence-corrected chi connectivity index (χ0v) is 14.8. The van der Waals surface area contributed by atoms with Gasteiger partial charge in [-0.25, -0.2) is 4.79 Å². The van der Waals surface area contributed by atoms with Gasteiger partial charge in [0.2, 0.25) is 5.89 Å². The summed E-state index contributed by atoms with van der Waals surface area (Å²) in [6, 6.07) is 11.1. The fourth-order valence-corrected chi connectivity index (χ4v) is 3.69. The average molecular weight is 368 g/mol. The Hall–Kier alpha value is -3.00. The molecule has 132 valence electrons. The summed E-state index contributed by atoms with van der Waals surface area (Å²) in [7, 11) is 0. The smallest absolute Gasteiger partial charge is 0.325 e. The maximum atomic E-state index is 12.8. The topological polar surface area (TPSA) is 88.3 Å². The second-order valence-electron chi connectivity index (χ2n) is 6.23. The molecule has 1 N–H and O–H groups in total. The first kappa shape index (κ1) is 16.5. The normalized spacial score (nSPS) is 19.8. The molecular formula is C18H16N4O3S. The molecular weight excluding hydrogens is 352 g/mol. The highest BCUT2D eigenvalue weighted by Gasteiger charge is 2.49. The number of carbonyl (C=O) groups excluding carboxylic acids is 2. The van der Waals surface area contributed by atoms with Gasteiger partial charge >= 0.3 is 6.03 Å². The summed E-state index contributed by atoms with van der Waals surface area (Å²) >= 11 is 1.47. The van der Waals surface area contributed by atoms with Crippen LogP contribution in [0.25, 0.3) is 0 Å². The number of hydrogen-bond donors (Lipinski definition) is 1. The highest BCUT2D eigenvalue weighted by molar-refractivity contribution is 7.08. The number of hydrogen-bond acceptors (Lipinski definition) is 6. The van der Waals surface area contributed by atoms with Gasteiger partial charge in [-0.1, -0.05) is 35.5 Å². The number of benzene rings is 1. The Labute approximate surface area is 153 Å². The maximum Gasteiger partial charge on any atom is 0.325 e. The zero-order valence-electron chi connectivity index (χ0n) is 14.0. The first-order valence-corrected chi connectivity index (χ1v) is 9.03. The van der Waals surface area contributed by atoms with Crippen LogP contribution in [0.1, 0.15) is 29.8 Å². The predicted octanol–water partition coefficient (Wildman–Crippen LogP) is 2.69. The molecule has 3 heterocycles. The molecule has 26 heavy (non-hydrogen) atoms. The van der Waals surface area contributed by atoms with Gasteiger partial charge in [-0.15, -0.1) is 0 Å². The van der Waals surface area contributed by atoms with Crippen molar-refractivity contribution in [3.8, 4) is 0 Å². The van der Waals surface area contributed by atoms with Gasteiger partial charge in [-0.05, 0) is 34.9 Å². The molecule has 0 aliphatic carbocycles. The van der Waals surface area contributed by atoms with Gasteiger partial charge in [0, 0.05) is 6.42 Å². The second-order valence-corrected chi connectivity index (χ2v) is 7.01. The lowest BCUT2D eigenvalue weighted by Crippen LogP contribution is -2.40. The molecule has 3 aromatic rings. The Morgan fingerprint density at radius 1 is 1.23 bits per heavy atom. The van der Waals surface area contributed by atoms with Gasteiger partial charge in [-0.3, -0.25) is 9.69 Å². The van der Waals surface area contributed by atoms with Crippen molar-refractivity contribution in [2.24, 2.45) is 0 Å². The van der Waals surface area contributed by atoms with Crippen molar-refractivity contribution in [3.05, 3.63) is 70.0 Å². The summed E-state index contributed by atoms with van der Waals surface area (Å²) in [5.74, 6) is 0.413. The van der Waals surface area contributed by atoms with Gasteiger partial charge in [0.15, 0.2) is 5.82 Å². The van der Waals surface area contributed by atoms with Gasteiger partial charge in [0.05, 0.1) is 0 Å². The molecule has 0 radical (unpaired) electrons. The summed E-state index contributed by atoms with van der Waals surface area (Å²) in [5, 5.41) is 10.4. The molecule has 2 aromatic heterocycles. The van der Waals surface area contributed by atoms with E-state index >= 15 is 0 Å².